The van der Waals surface area contributed by atoms with Crippen molar-refractivity contribution in [3.8, 4) is 22.6 Å². The average Bonchev–Trinajstić information content (AvgIpc) is 3.02. The number of pyridine rings is 1. The summed E-state index contributed by atoms with van der Waals surface area (Å²) in [5.74, 6) is -0.619. The average molecular weight is 352 g/mol. The van der Waals surface area contributed by atoms with Gasteiger partial charge in [-0.15, -0.1) is 0 Å². The monoisotopic (exact) mass is 352 g/mol. The summed E-state index contributed by atoms with van der Waals surface area (Å²) in [6, 6.07) is 8.95. The van der Waals surface area contributed by atoms with Crippen LogP contribution in [0.2, 0.25) is 0 Å². The lowest BCUT2D eigenvalue weighted by Gasteiger charge is -2.08. The SMILES string of the molecule is CNc1nccc(-c2c(-c3cccc(N)c3F)nc3cc(F)ccn23)n1. The molecule has 0 radical (unpaired) electrons. The van der Waals surface area contributed by atoms with Crippen molar-refractivity contribution in [1.82, 2.24) is 19.4 Å². The summed E-state index contributed by atoms with van der Waals surface area (Å²) in [4.78, 5) is 12.9. The highest BCUT2D eigenvalue weighted by Gasteiger charge is 2.21. The van der Waals surface area contributed by atoms with Gasteiger partial charge in [0.15, 0.2) is 5.82 Å². The van der Waals surface area contributed by atoms with E-state index in [2.05, 4.69) is 20.3 Å². The molecule has 0 amide bonds. The standard InChI is InChI=1S/C18H14F2N6/c1-22-18-23-7-5-13(24-18)17-16(11-3-2-4-12(21)15(11)20)25-14-9-10(19)6-8-26(14)17/h2-9H,21H2,1H3,(H,22,23,24). The molecule has 0 fully saturated rings. The van der Waals surface area contributed by atoms with E-state index in [1.165, 1.54) is 24.4 Å². The van der Waals surface area contributed by atoms with E-state index in [0.717, 1.165) is 0 Å². The van der Waals surface area contributed by atoms with Crippen LogP contribution in [0.3, 0.4) is 0 Å². The minimum Gasteiger partial charge on any atom is -0.396 e. The van der Waals surface area contributed by atoms with Crippen LogP contribution in [0, 0.1) is 11.6 Å². The number of nitrogens with zero attached hydrogens (tertiary/aromatic N) is 4. The molecule has 1 aromatic carbocycles. The van der Waals surface area contributed by atoms with Crippen molar-refractivity contribution in [2.75, 3.05) is 18.1 Å². The second kappa shape index (κ2) is 6.07. The van der Waals surface area contributed by atoms with Gasteiger partial charge in [-0.2, -0.15) is 0 Å². The van der Waals surface area contributed by atoms with Gasteiger partial charge in [-0.3, -0.25) is 4.40 Å². The minimum absolute atomic E-state index is 0.00953. The Morgan fingerprint density at radius 3 is 2.77 bits per heavy atom. The lowest BCUT2D eigenvalue weighted by atomic mass is 10.1. The second-order valence-electron chi connectivity index (χ2n) is 5.61. The molecule has 0 saturated carbocycles. The van der Waals surface area contributed by atoms with Crippen LogP contribution >= 0.6 is 0 Å². The number of aromatic nitrogens is 4. The van der Waals surface area contributed by atoms with E-state index in [1.54, 1.807) is 35.8 Å². The maximum Gasteiger partial charge on any atom is 0.222 e. The molecule has 3 N–H and O–H groups in total. The van der Waals surface area contributed by atoms with Crippen molar-refractivity contribution in [2.24, 2.45) is 0 Å². The first-order chi connectivity index (χ1) is 12.6. The zero-order valence-electron chi connectivity index (χ0n) is 13.7. The van der Waals surface area contributed by atoms with Crippen molar-refractivity contribution in [3.63, 3.8) is 0 Å². The summed E-state index contributed by atoms with van der Waals surface area (Å²) >= 11 is 0. The van der Waals surface area contributed by atoms with Crippen molar-refractivity contribution in [1.29, 1.82) is 0 Å². The number of fused-ring (bicyclic) bond motifs is 1. The van der Waals surface area contributed by atoms with Crippen LogP contribution in [-0.4, -0.2) is 26.4 Å². The summed E-state index contributed by atoms with van der Waals surface area (Å²) in [6.07, 6.45) is 3.11. The Morgan fingerprint density at radius 2 is 1.96 bits per heavy atom. The van der Waals surface area contributed by atoms with Gasteiger partial charge in [0.1, 0.15) is 17.2 Å². The molecule has 8 heteroatoms. The van der Waals surface area contributed by atoms with Crippen LogP contribution in [0.4, 0.5) is 20.4 Å². The Bertz CT molecular complexity index is 1120. The molecule has 6 nitrogen and oxygen atoms in total. The fourth-order valence-electron chi connectivity index (χ4n) is 2.80. The van der Waals surface area contributed by atoms with Crippen molar-refractivity contribution >= 4 is 17.3 Å². The zero-order valence-corrected chi connectivity index (χ0v) is 13.7. The van der Waals surface area contributed by atoms with Gasteiger partial charge in [0.2, 0.25) is 5.95 Å². The van der Waals surface area contributed by atoms with E-state index in [9.17, 15) is 8.78 Å². The summed E-state index contributed by atoms with van der Waals surface area (Å²) in [6.45, 7) is 0. The third-order valence-corrected chi connectivity index (χ3v) is 3.99. The Balaban J connectivity index is 2.08. The first-order valence-electron chi connectivity index (χ1n) is 7.81. The van der Waals surface area contributed by atoms with Gasteiger partial charge in [0.25, 0.3) is 0 Å². The summed E-state index contributed by atoms with van der Waals surface area (Å²) in [5, 5.41) is 2.86. The van der Waals surface area contributed by atoms with Crippen LogP contribution in [0.25, 0.3) is 28.3 Å². The van der Waals surface area contributed by atoms with E-state index < -0.39 is 11.6 Å². The predicted octanol–water partition coefficient (Wildman–Crippen LogP) is 3.36. The predicted molar refractivity (Wildman–Crippen MR) is 95.5 cm³/mol. The molecule has 0 spiro atoms. The highest BCUT2D eigenvalue weighted by molar-refractivity contribution is 5.82. The van der Waals surface area contributed by atoms with Gasteiger partial charge in [-0.25, -0.2) is 23.7 Å². The molecule has 0 saturated heterocycles. The molecule has 0 atom stereocenters. The van der Waals surface area contributed by atoms with Crippen LogP contribution in [0.1, 0.15) is 0 Å². The lowest BCUT2D eigenvalue weighted by molar-refractivity contribution is 0.626. The maximum absolute atomic E-state index is 14.6. The Kier molecular flexibility index (Phi) is 3.72. The van der Waals surface area contributed by atoms with E-state index >= 15 is 0 Å². The van der Waals surface area contributed by atoms with E-state index in [-0.39, 0.29) is 11.3 Å². The number of rotatable bonds is 3. The number of benzene rings is 1. The van der Waals surface area contributed by atoms with E-state index in [0.29, 0.717) is 28.7 Å². The number of nitrogens with one attached hydrogen (secondary N) is 1. The first-order valence-corrected chi connectivity index (χ1v) is 7.81. The summed E-state index contributed by atoms with van der Waals surface area (Å²) < 4.78 is 30.0. The topological polar surface area (TPSA) is 81.1 Å². The third-order valence-electron chi connectivity index (χ3n) is 3.99. The van der Waals surface area contributed by atoms with Crippen molar-refractivity contribution in [2.45, 2.75) is 0 Å². The van der Waals surface area contributed by atoms with Crippen LogP contribution < -0.4 is 11.1 Å². The molecule has 0 unspecified atom stereocenters. The van der Waals surface area contributed by atoms with E-state index in [1.807, 2.05) is 0 Å². The molecule has 130 valence electrons. The third kappa shape index (κ3) is 2.52. The second-order valence-corrected chi connectivity index (χ2v) is 5.61. The molecular weight excluding hydrogens is 338 g/mol. The van der Waals surface area contributed by atoms with Crippen molar-refractivity contribution < 1.29 is 8.78 Å². The highest BCUT2D eigenvalue weighted by atomic mass is 19.1. The number of nitrogens with two attached hydrogens (primary N) is 1. The van der Waals surface area contributed by atoms with Gasteiger partial charge in [0.05, 0.1) is 17.1 Å². The fraction of sp³-hybridized carbons (Fsp3) is 0.0556. The van der Waals surface area contributed by atoms with Gasteiger partial charge < -0.3 is 11.1 Å². The zero-order chi connectivity index (χ0) is 18.3. The quantitative estimate of drug-likeness (QED) is 0.553. The smallest absolute Gasteiger partial charge is 0.222 e. The number of halogens is 2. The Morgan fingerprint density at radius 1 is 1.12 bits per heavy atom. The fourth-order valence-corrected chi connectivity index (χ4v) is 2.80. The first kappa shape index (κ1) is 15.9. The molecule has 4 aromatic rings. The van der Waals surface area contributed by atoms with Gasteiger partial charge in [0, 0.05) is 31.1 Å². The van der Waals surface area contributed by atoms with Crippen LogP contribution in [0.5, 0.6) is 0 Å². The molecule has 3 aromatic heterocycles. The van der Waals surface area contributed by atoms with E-state index in [4.69, 9.17) is 5.73 Å². The summed E-state index contributed by atoms with van der Waals surface area (Å²) in [5.41, 5.74) is 7.62. The molecule has 26 heavy (non-hydrogen) atoms. The molecule has 0 bridgehead atoms. The van der Waals surface area contributed by atoms with Gasteiger partial charge >= 0.3 is 0 Å². The lowest BCUT2D eigenvalue weighted by Crippen LogP contribution is -2.00. The Hall–Kier alpha value is -3.55. The molecule has 0 aliphatic heterocycles. The van der Waals surface area contributed by atoms with Crippen molar-refractivity contribution in [3.05, 3.63) is 60.4 Å². The normalized spacial score (nSPS) is 11.0. The van der Waals surface area contributed by atoms with Crippen LogP contribution in [0.15, 0.2) is 48.8 Å². The number of nitrogen functional groups attached to an aromatic ring is 1. The number of hydrogen-bond acceptors (Lipinski definition) is 5. The molecule has 0 aliphatic rings. The number of imidazole rings is 1. The van der Waals surface area contributed by atoms with Gasteiger partial charge in [-0.05, 0) is 24.3 Å². The Labute approximate surface area is 147 Å². The molecule has 0 aliphatic carbocycles. The molecule has 3 heterocycles. The summed E-state index contributed by atoms with van der Waals surface area (Å²) in [7, 11) is 1.70. The highest BCUT2D eigenvalue weighted by Crippen LogP contribution is 2.34. The minimum atomic E-state index is -0.583. The van der Waals surface area contributed by atoms with Gasteiger partial charge in [-0.1, -0.05) is 6.07 Å². The molecule has 4 rings (SSSR count). The number of hydrogen-bond donors (Lipinski definition) is 2. The largest absolute Gasteiger partial charge is 0.396 e. The maximum atomic E-state index is 14.6. The number of anilines is 2. The molecular formula is C18H14F2N6. The van der Waals surface area contributed by atoms with Crippen LogP contribution in [-0.2, 0) is 0 Å².